The van der Waals surface area contributed by atoms with E-state index in [2.05, 4.69) is 4.98 Å². The van der Waals surface area contributed by atoms with Crippen molar-refractivity contribution in [2.75, 3.05) is 6.73 Å². The van der Waals surface area contributed by atoms with E-state index in [1.54, 1.807) is 48.0 Å². The maximum absolute atomic E-state index is 12.2. The topological polar surface area (TPSA) is 76.6 Å². The first-order valence-corrected chi connectivity index (χ1v) is 7.99. The van der Waals surface area contributed by atoms with Crippen LogP contribution >= 0.6 is 11.3 Å². The molecular formula is C17H10N2O4S. The summed E-state index contributed by atoms with van der Waals surface area (Å²) in [5.41, 5.74) is 3.49. The summed E-state index contributed by atoms with van der Waals surface area (Å²) in [6.07, 6.45) is 0. The van der Waals surface area contributed by atoms with Crippen molar-refractivity contribution >= 4 is 39.3 Å². The predicted molar refractivity (Wildman–Crippen MR) is 86.8 cm³/mol. The lowest BCUT2D eigenvalue weighted by Gasteiger charge is -2.13. The number of rotatable bonds is 3. The summed E-state index contributed by atoms with van der Waals surface area (Å²) in [7, 11) is 0. The number of amides is 2. The molecule has 1 aliphatic rings. The molecule has 0 radical (unpaired) electrons. The van der Waals surface area contributed by atoms with Crippen molar-refractivity contribution in [3.8, 4) is 0 Å². The van der Waals surface area contributed by atoms with Gasteiger partial charge in [-0.3, -0.25) is 9.59 Å². The van der Waals surface area contributed by atoms with Crippen molar-refractivity contribution < 1.29 is 19.1 Å². The van der Waals surface area contributed by atoms with Crippen LogP contribution in [-0.2, 0) is 4.74 Å². The molecule has 24 heavy (non-hydrogen) atoms. The van der Waals surface area contributed by atoms with E-state index in [4.69, 9.17) is 4.74 Å². The lowest BCUT2D eigenvalue weighted by Crippen LogP contribution is -2.33. The molecule has 6 nitrogen and oxygen atoms in total. The summed E-state index contributed by atoms with van der Waals surface area (Å²) < 4.78 is 6.00. The minimum atomic E-state index is -0.596. The van der Waals surface area contributed by atoms with Crippen molar-refractivity contribution in [2.45, 2.75) is 0 Å². The molecule has 2 heterocycles. The number of thiazole rings is 1. The van der Waals surface area contributed by atoms with Crippen molar-refractivity contribution in [1.29, 1.82) is 0 Å². The number of carbonyl (C=O) groups excluding carboxylic acids is 3. The SMILES string of the molecule is O=C(OCN1C(=O)c2ccccc2C1=O)c1ccc2ncsc2c1. The molecule has 3 aromatic rings. The highest BCUT2D eigenvalue weighted by Crippen LogP contribution is 2.23. The molecule has 0 atom stereocenters. The number of carbonyl (C=O) groups is 3. The van der Waals surface area contributed by atoms with Gasteiger partial charge in [0.25, 0.3) is 11.8 Å². The molecule has 118 valence electrons. The molecule has 0 saturated carbocycles. The van der Waals surface area contributed by atoms with Crippen LogP contribution in [0.3, 0.4) is 0 Å². The summed E-state index contributed by atoms with van der Waals surface area (Å²) in [5, 5.41) is 0. The number of esters is 1. The second kappa shape index (κ2) is 5.54. The van der Waals surface area contributed by atoms with Gasteiger partial charge in [0, 0.05) is 0 Å². The van der Waals surface area contributed by atoms with Crippen LogP contribution in [0.2, 0.25) is 0 Å². The zero-order valence-corrected chi connectivity index (χ0v) is 13.1. The van der Waals surface area contributed by atoms with E-state index in [-0.39, 0.29) is 0 Å². The van der Waals surface area contributed by atoms with E-state index in [9.17, 15) is 14.4 Å². The summed E-state index contributed by atoms with van der Waals surface area (Å²) in [6, 6.07) is 11.5. The lowest BCUT2D eigenvalue weighted by atomic mass is 10.1. The summed E-state index contributed by atoms with van der Waals surface area (Å²) >= 11 is 1.42. The summed E-state index contributed by atoms with van der Waals surface area (Å²) in [4.78, 5) is 41.6. The zero-order valence-electron chi connectivity index (χ0n) is 12.3. The van der Waals surface area contributed by atoms with Gasteiger partial charge in [0.05, 0.1) is 32.4 Å². The van der Waals surface area contributed by atoms with Gasteiger partial charge in [-0.1, -0.05) is 12.1 Å². The van der Waals surface area contributed by atoms with Crippen molar-refractivity contribution in [2.24, 2.45) is 0 Å². The maximum atomic E-state index is 12.2. The molecule has 2 amide bonds. The Morgan fingerprint density at radius 3 is 2.50 bits per heavy atom. The number of imide groups is 1. The van der Waals surface area contributed by atoms with Crippen LogP contribution in [0, 0.1) is 0 Å². The monoisotopic (exact) mass is 338 g/mol. The Labute approximate surface area is 140 Å². The van der Waals surface area contributed by atoms with Gasteiger partial charge in [0.1, 0.15) is 0 Å². The molecule has 0 aliphatic carbocycles. The molecule has 1 aliphatic heterocycles. The lowest BCUT2D eigenvalue weighted by molar-refractivity contribution is 0.0228. The number of benzene rings is 2. The third-order valence-corrected chi connectivity index (χ3v) is 4.56. The Balaban J connectivity index is 1.50. The highest BCUT2D eigenvalue weighted by atomic mass is 32.1. The van der Waals surface area contributed by atoms with E-state index in [0.29, 0.717) is 16.7 Å². The molecular weight excluding hydrogens is 328 g/mol. The van der Waals surface area contributed by atoms with Crippen LogP contribution in [0.15, 0.2) is 48.0 Å². The zero-order chi connectivity index (χ0) is 16.7. The molecule has 7 heteroatoms. The fourth-order valence-corrected chi connectivity index (χ4v) is 3.26. The molecule has 1 aromatic heterocycles. The summed E-state index contributed by atoms with van der Waals surface area (Å²) in [5.74, 6) is -1.51. The van der Waals surface area contributed by atoms with Gasteiger partial charge in [-0.15, -0.1) is 11.3 Å². The Hall–Kier alpha value is -3.06. The first-order chi connectivity index (χ1) is 11.6. The number of fused-ring (bicyclic) bond motifs is 2. The van der Waals surface area contributed by atoms with Gasteiger partial charge < -0.3 is 4.74 Å². The Morgan fingerprint density at radius 2 is 1.79 bits per heavy atom. The first-order valence-electron chi connectivity index (χ1n) is 7.11. The molecule has 0 bridgehead atoms. The van der Waals surface area contributed by atoms with Crippen molar-refractivity contribution in [3.05, 3.63) is 64.7 Å². The largest absolute Gasteiger partial charge is 0.440 e. The van der Waals surface area contributed by atoms with Crippen LogP contribution in [-0.4, -0.2) is 34.4 Å². The fraction of sp³-hybridized carbons (Fsp3) is 0.0588. The first kappa shape index (κ1) is 14.5. The van der Waals surface area contributed by atoms with Crippen LogP contribution in [0.25, 0.3) is 10.2 Å². The van der Waals surface area contributed by atoms with Gasteiger partial charge >= 0.3 is 5.97 Å². The van der Waals surface area contributed by atoms with Gasteiger partial charge in [0.15, 0.2) is 6.73 Å². The van der Waals surface area contributed by atoms with Crippen LogP contribution in [0.5, 0.6) is 0 Å². The van der Waals surface area contributed by atoms with Crippen molar-refractivity contribution in [1.82, 2.24) is 9.88 Å². The average Bonchev–Trinajstić information content (AvgIpc) is 3.17. The van der Waals surface area contributed by atoms with Crippen LogP contribution < -0.4 is 0 Å². The maximum Gasteiger partial charge on any atom is 0.339 e. The van der Waals surface area contributed by atoms with E-state index in [1.165, 1.54) is 11.3 Å². The Kier molecular flexibility index (Phi) is 3.35. The molecule has 0 spiro atoms. The Bertz CT molecular complexity index is 960. The second-order valence-corrected chi connectivity index (χ2v) is 6.07. The molecule has 0 unspecified atom stereocenters. The highest BCUT2D eigenvalue weighted by Gasteiger charge is 2.35. The number of nitrogens with zero attached hydrogens (tertiary/aromatic N) is 2. The summed E-state index contributed by atoms with van der Waals surface area (Å²) in [6.45, 7) is -0.411. The smallest absolute Gasteiger partial charge is 0.339 e. The molecule has 0 N–H and O–H groups in total. The number of hydrogen-bond acceptors (Lipinski definition) is 6. The van der Waals surface area contributed by atoms with Crippen LogP contribution in [0.1, 0.15) is 31.1 Å². The molecule has 4 rings (SSSR count). The minimum Gasteiger partial charge on any atom is -0.440 e. The number of aromatic nitrogens is 1. The average molecular weight is 338 g/mol. The third-order valence-electron chi connectivity index (χ3n) is 3.77. The predicted octanol–water partition coefficient (Wildman–Crippen LogP) is 2.71. The fourth-order valence-electron chi connectivity index (χ4n) is 2.54. The minimum absolute atomic E-state index is 0.324. The van der Waals surface area contributed by atoms with E-state index < -0.39 is 24.5 Å². The molecule has 0 fully saturated rings. The third kappa shape index (κ3) is 2.26. The van der Waals surface area contributed by atoms with E-state index >= 15 is 0 Å². The van der Waals surface area contributed by atoms with E-state index in [0.717, 1.165) is 15.1 Å². The standard InChI is InChI=1S/C17H10N2O4S/c20-15-11-3-1-2-4-12(11)16(21)19(15)9-23-17(22)10-5-6-13-14(7-10)24-8-18-13/h1-8H,9H2. The molecule has 0 saturated heterocycles. The van der Waals surface area contributed by atoms with Gasteiger partial charge in [-0.05, 0) is 30.3 Å². The second-order valence-electron chi connectivity index (χ2n) is 5.18. The van der Waals surface area contributed by atoms with Gasteiger partial charge in [-0.25, -0.2) is 14.7 Å². The van der Waals surface area contributed by atoms with Crippen molar-refractivity contribution in [3.63, 3.8) is 0 Å². The van der Waals surface area contributed by atoms with Gasteiger partial charge in [0.2, 0.25) is 0 Å². The number of ether oxygens (including phenoxy) is 1. The highest BCUT2D eigenvalue weighted by molar-refractivity contribution is 7.16. The Morgan fingerprint density at radius 1 is 1.08 bits per heavy atom. The van der Waals surface area contributed by atoms with Gasteiger partial charge in [-0.2, -0.15) is 0 Å². The quantitative estimate of drug-likeness (QED) is 0.542. The number of hydrogen-bond donors (Lipinski definition) is 0. The molecule has 2 aromatic carbocycles. The van der Waals surface area contributed by atoms with Crippen LogP contribution in [0.4, 0.5) is 0 Å². The van der Waals surface area contributed by atoms with E-state index in [1.807, 2.05) is 0 Å². The normalized spacial score (nSPS) is 13.4.